The van der Waals surface area contributed by atoms with Gasteiger partial charge in [-0.05, 0) is 12.0 Å². The number of rotatable bonds is 5. The molecule has 0 fully saturated rings. The Labute approximate surface area is 164 Å². The van der Waals surface area contributed by atoms with Gasteiger partial charge in [0, 0.05) is 11.9 Å². The fourth-order valence-corrected chi connectivity index (χ4v) is 2.74. The number of aromatic nitrogens is 3. The summed E-state index contributed by atoms with van der Waals surface area (Å²) in [6.07, 6.45) is -5.08. The molecule has 2 aromatic heterocycles. The molecule has 158 valence electrons. The summed E-state index contributed by atoms with van der Waals surface area (Å²) in [7, 11) is 1.60. The molecule has 1 aromatic carbocycles. The van der Waals surface area contributed by atoms with E-state index in [2.05, 4.69) is 39.9 Å². The molecule has 0 amide bonds. The highest BCUT2D eigenvalue weighted by Crippen LogP contribution is 2.29. The molecule has 0 aliphatic rings. The average Bonchev–Trinajstić information content (AvgIpc) is 2.98. The lowest BCUT2D eigenvalue weighted by Gasteiger charge is -2.13. The number of pyridine rings is 1. The van der Waals surface area contributed by atoms with Crippen molar-refractivity contribution in [2.75, 3.05) is 12.8 Å². The Bertz CT molecular complexity index is 1000. The van der Waals surface area contributed by atoms with Crippen molar-refractivity contribution in [2.45, 2.75) is 33.1 Å². The number of fused-ring (bicyclic) bond motifs is 3. The number of carboxylic acids is 1. The van der Waals surface area contributed by atoms with Crippen molar-refractivity contribution >= 4 is 33.7 Å². The summed E-state index contributed by atoms with van der Waals surface area (Å²) in [6.45, 7) is 5.76. The quantitative estimate of drug-likeness (QED) is 0.551. The van der Waals surface area contributed by atoms with Crippen LogP contribution in [-0.2, 0) is 22.7 Å². The van der Waals surface area contributed by atoms with Crippen LogP contribution in [0, 0.1) is 5.92 Å². The molecule has 3 aromatic rings. The number of anilines is 1. The van der Waals surface area contributed by atoms with Crippen LogP contribution in [0.25, 0.3) is 21.9 Å². The smallest absolute Gasteiger partial charge is 0.475 e. The molecule has 0 radical (unpaired) electrons. The molecular formula is C18H22F3N5O3. The van der Waals surface area contributed by atoms with Crippen molar-refractivity contribution in [3.8, 4) is 0 Å². The third kappa shape index (κ3) is 5.33. The van der Waals surface area contributed by atoms with Gasteiger partial charge in [0.15, 0.2) is 5.82 Å². The summed E-state index contributed by atoms with van der Waals surface area (Å²) >= 11 is 0. The Balaban J connectivity index is 0.000000370. The van der Waals surface area contributed by atoms with Crippen LogP contribution in [0.1, 0.15) is 19.7 Å². The minimum absolute atomic E-state index is 0.467. The van der Waals surface area contributed by atoms with Gasteiger partial charge in [-0.25, -0.2) is 14.8 Å². The number of hydrogen-bond donors (Lipinski definition) is 3. The molecule has 4 N–H and O–H groups in total. The zero-order chi connectivity index (χ0) is 21.8. The molecule has 0 aliphatic carbocycles. The van der Waals surface area contributed by atoms with Gasteiger partial charge in [0.1, 0.15) is 11.3 Å². The largest absolute Gasteiger partial charge is 0.490 e. The molecule has 0 bridgehead atoms. The molecule has 8 nitrogen and oxygen atoms in total. The van der Waals surface area contributed by atoms with Gasteiger partial charge in [-0.3, -0.25) is 0 Å². The van der Waals surface area contributed by atoms with Crippen molar-refractivity contribution in [3.05, 3.63) is 30.1 Å². The summed E-state index contributed by atoms with van der Waals surface area (Å²) < 4.78 is 34.0. The van der Waals surface area contributed by atoms with E-state index in [0.717, 1.165) is 34.3 Å². The second-order valence-electron chi connectivity index (χ2n) is 6.57. The van der Waals surface area contributed by atoms with E-state index >= 15 is 0 Å². The van der Waals surface area contributed by atoms with E-state index in [1.165, 1.54) is 0 Å². The third-order valence-corrected chi connectivity index (χ3v) is 3.85. The van der Waals surface area contributed by atoms with E-state index in [0.29, 0.717) is 18.3 Å². The van der Waals surface area contributed by atoms with Gasteiger partial charge in [0.2, 0.25) is 0 Å². The molecule has 29 heavy (non-hydrogen) atoms. The van der Waals surface area contributed by atoms with E-state index in [1.807, 2.05) is 18.2 Å². The second kappa shape index (κ2) is 9.05. The Hall–Kier alpha value is -2.92. The van der Waals surface area contributed by atoms with E-state index in [9.17, 15) is 13.2 Å². The normalized spacial score (nSPS) is 11.7. The van der Waals surface area contributed by atoms with Crippen molar-refractivity contribution in [3.63, 3.8) is 0 Å². The average molecular weight is 413 g/mol. The maximum absolute atomic E-state index is 10.6. The lowest BCUT2D eigenvalue weighted by atomic mass is 10.1. The number of nitrogens with two attached hydrogens (primary N) is 1. The lowest BCUT2D eigenvalue weighted by Crippen LogP contribution is -2.21. The Morgan fingerprint density at radius 1 is 1.31 bits per heavy atom. The first-order chi connectivity index (χ1) is 13.6. The van der Waals surface area contributed by atoms with Crippen molar-refractivity contribution < 1.29 is 27.9 Å². The van der Waals surface area contributed by atoms with Gasteiger partial charge in [-0.15, -0.1) is 0 Å². The first-order valence-electron chi connectivity index (χ1n) is 8.65. The minimum Gasteiger partial charge on any atom is -0.475 e. The van der Waals surface area contributed by atoms with Crippen LogP contribution in [0.2, 0.25) is 0 Å². The molecular weight excluding hydrogens is 391 g/mol. The highest BCUT2D eigenvalue weighted by Gasteiger charge is 2.38. The number of benzene rings is 1. The van der Waals surface area contributed by atoms with Crippen LogP contribution in [0.3, 0.4) is 0 Å². The number of nitrogen functional groups attached to an aromatic ring is 1. The second-order valence-corrected chi connectivity index (χ2v) is 6.57. The van der Waals surface area contributed by atoms with Crippen LogP contribution < -0.4 is 11.2 Å². The van der Waals surface area contributed by atoms with Gasteiger partial charge in [-0.1, -0.05) is 32.0 Å². The summed E-state index contributed by atoms with van der Waals surface area (Å²) in [6, 6.07) is 8.03. The number of carboxylic acid groups (broad SMARTS) is 1. The number of carbonyl (C=O) groups is 1. The zero-order valence-electron chi connectivity index (χ0n) is 16.1. The molecule has 0 spiro atoms. The van der Waals surface area contributed by atoms with Gasteiger partial charge in [0.05, 0.1) is 24.7 Å². The number of aliphatic carboxylic acids is 1. The van der Waals surface area contributed by atoms with Crippen LogP contribution in [-0.4, -0.2) is 38.9 Å². The molecule has 3 rings (SSSR count). The van der Waals surface area contributed by atoms with Crippen molar-refractivity contribution in [1.29, 1.82) is 0 Å². The monoisotopic (exact) mass is 413 g/mol. The maximum Gasteiger partial charge on any atom is 0.490 e. The SMILES string of the molecule is CONCc1nc2c(N)nc3ccccc3c2n1CC(C)C.O=C(O)C(F)(F)F. The highest BCUT2D eigenvalue weighted by atomic mass is 19.4. The van der Waals surface area contributed by atoms with Gasteiger partial charge < -0.3 is 20.2 Å². The predicted molar refractivity (Wildman–Crippen MR) is 102 cm³/mol. The number of hydrogen-bond acceptors (Lipinski definition) is 6. The molecule has 0 saturated carbocycles. The van der Waals surface area contributed by atoms with Crippen LogP contribution >= 0.6 is 0 Å². The van der Waals surface area contributed by atoms with Crippen LogP contribution in [0.15, 0.2) is 24.3 Å². The topological polar surface area (TPSA) is 115 Å². The molecule has 2 heterocycles. The van der Waals surface area contributed by atoms with E-state index in [-0.39, 0.29) is 0 Å². The fraction of sp³-hybridized carbons (Fsp3) is 0.389. The Kier molecular flexibility index (Phi) is 6.98. The minimum atomic E-state index is -5.08. The van der Waals surface area contributed by atoms with E-state index < -0.39 is 12.1 Å². The summed E-state index contributed by atoms with van der Waals surface area (Å²) in [4.78, 5) is 23.0. The van der Waals surface area contributed by atoms with Gasteiger partial charge in [-0.2, -0.15) is 18.7 Å². The number of hydroxylamine groups is 1. The summed E-state index contributed by atoms with van der Waals surface area (Å²) in [5, 5.41) is 8.20. The highest BCUT2D eigenvalue weighted by molar-refractivity contribution is 6.06. The van der Waals surface area contributed by atoms with E-state index in [1.54, 1.807) is 7.11 Å². The van der Waals surface area contributed by atoms with Crippen LogP contribution in [0.4, 0.5) is 19.0 Å². The number of nitrogens with zero attached hydrogens (tertiary/aromatic N) is 3. The molecule has 0 atom stereocenters. The predicted octanol–water partition coefficient (Wildman–Crippen LogP) is 3.11. The third-order valence-electron chi connectivity index (χ3n) is 3.85. The van der Waals surface area contributed by atoms with E-state index in [4.69, 9.17) is 20.5 Å². The standard InChI is InChI=1S/C16H21N5O.C2HF3O2/c1-10(2)9-21-13(8-18-22-3)20-14-15(21)11-6-4-5-7-12(11)19-16(14)17;3-2(4,5)1(6)7/h4-7,10,18H,8-9H2,1-3H3,(H2,17,19);(H,6,7). The maximum atomic E-state index is 10.6. The summed E-state index contributed by atoms with van der Waals surface area (Å²) in [5.74, 6) is -0.898. The Morgan fingerprint density at radius 3 is 2.48 bits per heavy atom. The number of para-hydroxylation sites is 1. The first kappa shape index (κ1) is 22.4. The molecule has 0 saturated heterocycles. The Morgan fingerprint density at radius 2 is 1.93 bits per heavy atom. The number of imidazole rings is 1. The van der Waals surface area contributed by atoms with Gasteiger partial charge in [0.25, 0.3) is 0 Å². The van der Waals surface area contributed by atoms with Crippen molar-refractivity contribution in [2.24, 2.45) is 5.92 Å². The molecule has 0 unspecified atom stereocenters. The zero-order valence-corrected chi connectivity index (χ0v) is 16.1. The number of alkyl halides is 3. The number of halogens is 3. The lowest BCUT2D eigenvalue weighted by molar-refractivity contribution is -0.192. The molecule has 0 aliphatic heterocycles. The fourth-order valence-electron chi connectivity index (χ4n) is 2.74. The first-order valence-corrected chi connectivity index (χ1v) is 8.65. The van der Waals surface area contributed by atoms with Crippen LogP contribution in [0.5, 0.6) is 0 Å². The number of nitrogens with one attached hydrogen (secondary N) is 1. The summed E-state index contributed by atoms with van der Waals surface area (Å²) in [5.41, 5.74) is 11.7. The van der Waals surface area contributed by atoms with Gasteiger partial charge >= 0.3 is 12.1 Å². The van der Waals surface area contributed by atoms with Crippen molar-refractivity contribution in [1.82, 2.24) is 20.0 Å². The molecule has 11 heteroatoms.